The highest BCUT2D eigenvalue weighted by Crippen LogP contribution is 2.36. The minimum absolute atomic E-state index is 0.151. The van der Waals surface area contributed by atoms with Gasteiger partial charge in [-0.1, -0.05) is 35.5 Å². The molecular formula is C19H15ClN2O4S. The van der Waals surface area contributed by atoms with E-state index < -0.39 is 5.97 Å². The van der Waals surface area contributed by atoms with Crippen LogP contribution in [0.1, 0.15) is 6.92 Å². The number of amides is 1. The number of oxazole rings is 1. The van der Waals surface area contributed by atoms with E-state index in [1.807, 2.05) is 24.3 Å². The van der Waals surface area contributed by atoms with Gasteiger partial charge in [-0.2, -0.15) is 0 Å². The fourth-order valence-corrected chi connectivity index (χ4v) is 3.06. The predicted molar refractivity (Wildman–Crippen MR) is 105 cm³/mol. The lowest BCUT2D eigenvalue weighted by molar-refractivity contribution is -0.133. The number of carbonyl (C=O) groups is 2. The molecule has 2 N–H and O–H groups in total. The Morgan fingerprint density at radius 2 is 1.74 bits per heavy atom. The number of carbonyl (C=O) groups excluding carboxylic acids is 1. The first kappa shape index (κ1) is 19.0. The van der Waals surface area contributed by atoms with Gasteiger partial charge in [0.05, 0.1) is 0 Å². The number of nitrogens with zero attached hydrogens (tertiary/aromatic N) is 1. The van der Waals surface area contributed by atoms with Gasteiger partial charge in [-0.15, -0.1) is 0 Å². The topological polar surface area (TPSA) is 92.4 Å². The fraction of sp³-hybridized carbons (Fsp3) is 0.105. The first-order chi connectivity index (χ1) is 12.9. The molecular weight excluding hydrogens is 388 g/mol. The molecule has 0 bridgehead atoms. The van der Waals surface area contributed by atoms with E-state index in [1.54, 1.807) is 24.3 Å². The molecule has 0 aliphatic rings. The van der Waals surface area contributed by atoms with E-state index in [2.05, 4.69) is 10.3 Å². The van der Waals surface area contributed by atoms with Crippen molar-refractivity contribution < 1.29 is 19.1 Å². The minimum atomic E-state index is -0.951. The van der Waals surface area contributed by atoms with Crippen LogP contribution in [-0.2, 0) is 9.59 Å². The zero-order valence-corrected chi connectivity index (χ0v) is 15.8. The van der Waals surface area contributed by atoms with Crippen molar-refractivity contribution in [3.63, 3.8) is 0 Å². The van der Waals surface area contributed by atoms with E-state index >= 15 is 0 Å². The standard InChI is InChI=1S/C19H15ClN2O4S/c1-11(23)21-15-8-4-12(5-9-15)17-18(13-2-6-14(20)7-3-13)26-19(22-17)27-10-16(24)25/h2-9H,10H2,1H3,(H,21,23)(H,24,25). The number of halogens is 1. The van der Waals surface area contributed by atoms with Crippen LogP contribution >= 0.6 is 23.4 Å². The van der Waals surface area contributed by atoms with Gasteiger partial charge in [-0.25, -0.2) is 4.98 Å². The smallest absolute Gasteiger partial charge is 0.314 e. The van der Waals surface area contributed by atoms with Crippen LogP contribution in [0.5, 0.6) is 0 Å². The maximum Gasteiger partial charge on any atom is 0.314 e. The lowest BCUT2D eigenvalue weighted by Gasteiger charge is -2.04. The highest BCUT2D eigenvalue weighted by atomic mass is 35.5. The Hall–Kier alpha value is -2.77. The number of aromatic nitrogens is 1. The number of nitrogens with one attached hydrogen (secondary N) is 1. The normalized spacial score (nSPS) is 10.6. The van der Waals surface area contributed by atoms with E-state index in [0.29, 0.717) is 22.2 Å². The molecule has 0 radical (unpaired) electrons. The number of hydrogen-bond acceptors (Lipinski definition) is 5. The third kappa shape index (κ3) is 4.90. The van der Waals surface area contributed by atoms with Crippen molar-refractivity contribution in [3.05, 3.63) is 53.6 Å². The second kappa shape index (κ2) is 8.28. The van der Waals surface area contributed by atoms with E-state index in [0.717, 1.165) is 22.9 Å². The summed E-state index contributed by atoms with van der Waals surface area (Å²) < 4.78 is 5.82. The SMILES string of the molecule is CC(=O)Nc1ccc(-c2nc(SCC(=O)O)oc2-c2ccc(Cl)cc2)cc1. The number of aliphatic carboxylic acids is 1. The van der Waals surface area contributed by atoms with Gasteiger partial charge in [-0.05, 0) is 36.4 Å². The Bertz CT molecular complexity index is 968. The van der Waals surface area contributed by atoms with Gasteiger partial charge in [0, 0.05) is 28.8 Å². The lowest BCUT2D eigenvalue weighted by Crippen LogP contribution is -2.05. The fourth-order valence-electron chi connectivity index (χ4n) is 2.39. The third-order valence-corrected chi connectivity index (χ3v) is 4.58. The zero-order valence-electron chi connectivity index (χ0n) is 14.2. The zero-order chi connectivity index (χ0) is 19.4. The second-order valence-electron chi connectivity index (χ2n) is 5.61. The minimum Gasteiger partial charge on any atom is -0.481 e. The summed E-state index contributed by atoms with van der Waals surface area (Å²) in [6.45, 7) is 1.44. The molecule has 1 heterocycles. The van der Waals surface area contributed by atoms with Crippen LogP contribution in [0.2, 0.25) is 5.02 Å². The van der Waals surface area contributed by atoms with Gasteiger partial charge in [0.25, 0.3) is 5.22 Å². The lowest BCUT2D eigenvalue weighted by atomic mass is 10.1. The van der Waals surface area contributed by atoms with E-state index in [-0.39, 0.29) is 16.9 Å². The molecule has 0 atom stereocenters. The molecule has 0 unspecified atom stereocenters. The average Bonchev–Trinajstić information content (AvgIpc) is 3.05. The van der Waals surface area contributed by atoms with Gasteiger partial charge in [0.15, 0.2) is 5.76 Å². The predicted octanol–water partition coefficient (Wildman–Crippen LogP) is 4.80. The third-order valence-electron chi connectivity index (χ3n) is 3.51. The molecule has 1 aromatic heterocycles. The maximum absolute atomic E-state index is 11.2. The molecule has 2 aromatic carbocycles. The van der Waals surface area contributed by atoms with Crippen LogP contribution in [0.25, 0.3) is 22.6 Å². The van der Waals surface area contributed by atoms with Crippen LogP contribution in [-0.4, -0.2) is 27.7 Å². The summed E-state index contributed by atoms with van der Waals surface area (Å²) in [7, 11) is 0. The summed E-state index contributed by atoms with van der Waals surface area (Å²) in [5.41, 5.74) is 2.80. The summed E-state index contributed by atoms with van der Waals surface area (Å²) in [6, 6.07) is 14.3. The molecule has 3 rings (SSSR count). The summed E-state index contributed by atoms with van der Waals surface area (Å²) in [6.07, 6.45) is 0. The van der Waals surface area contributed by atoms with Gasteiger partial charge in [0.2, 0.25) is 5.91 Å². The number of benzene rings is 2. The molecule has 138 valence electrons. The highest BCUT2D eigenvalue weighted by Gasteiger charge is 2.18. The van der Waals surface area contributed by atoms with E-state index in [1.165, 1.54) is 6.92 Å². The first-order valence-corrected chi connectivity index (χ1v) is 9.28. The van der Waals surface area contributed by atoms with Gasteiger partial charge in [0.1, 0.15) is 11.4 Å². The Morgan fingerprint density at radius 1 is 1.11 bits per heavy atom. The Morgan fingerprint density at radius 3 is 2.33 bits per heavy atom. The van der Waals surface area contributed by atoms with Crippen LogP contribution in [0.4, 0.5) is 5.69 Å². The van der Waals surface area contributed by atoms with Gasteiger partial charge < -0.3 is 14.8 Å². The van der Waals surface area contributed by atoms with Crippen molar-refractivity contribution >= 4 is 40.9 Å². The quantitative estimate of drug-likeness (QED) is 0.575. The van der Waals surface area contributed by atoms with Crippen molar-refractivity contribution in [2.24, 2.45) is 0 Å². The monoisotopic (exact) mass is 402 g/mol. The second-order valence-corrected chi connectivity index (χ2v) is 6.97. The number of rotatable bonds is 6. The molecule has 0 aliphatic carbocycles. The highest BCUT2D eigenvalue weighted by molar-refractivity contribution is 7.99. The maximum atomic E-state index is 11.2. The molecule has 0 fully saturated rings. The molecule has 3 aromatic rings. The largest absolute Gasteiger partial charge is 0.481 e. The summed E-state index contributed by atoms with van der Waals surface area (Å²) in [4.78, 5) is 26.4. The van der Waals surface area contributed by atoms with E-state index in [9.17, 15) is 9.59 Å². The Kier molecular flexibility index (Phi) is 5.83. The van der Waals surface area contributed by atoms with Crippen LogP contribution in [0.3, 0.4) is 0 Å². The molecule has 1 amide bonds. The molecule has 0 saturated heterocycles. The van der Waals surface area contributed by atoms with Gasteiger partial charge >= 0.3 is 5.97 Å². The summed E-state index contributed by atoms with van der Waals surface area (Å²) >= 11 is 6.96. The summed E-state index contributed by atoms with van der Waals surface area (Å²) in [5, 5.41) is 12.4. The average molecular weight is 403 g/mol. The molecule has 27 heavy (non-hydrogen) atoms. The van der Waals surface area contributed by atoms with Crippen LogP contribution in [0.15, 0.2) is 58.2 Å². The van der Waals surface area contributed by atoms with Crippen molar-refractivity contribution in [1.82, 2.24) is 4.98 Å². The number of carboxylic acids is 1. The Labute approximate surface area is 164 Å². The number of thioether (sulfide) groups is 1. The number of anilines is 1. The molecule has 6 nitrogen and oxygen atoms in total. The molecule has 0 aliphatic heterocycles. The van der Waals surface area contributed by atoms with Crippen LogP contribution in [0, 0.1) is 0 Å². The van der Waals surface area contributed by atoms with Gasteiger partial charge in [-0.3, -0.25) is 9.59 Å². The van der Waals surface area contributed by atoms with Crippen LogP contribution < -0.4 is 5.32 Å². The van der Waals surface area contributed by atoms with Crippen molar-refractivity contribution in [2.45, 2.75) is 12.1 Å². The summed E-state index contributed by atoms with van der Waals surface area (Å²) in [5.74, 6) is -0.737. The number of carboxylic acid groups (broad SMARTS) is 1. The van der Waals surface area contributed by atoms with Crippen molar-refractivity contribution in [3.8, 4) is 22.6 Å². The van der Waals surface area contributed by atoms with Crippen molar-refractivity contribution in [2.75, 3.05) is 11.1 Å². The molecule has 8 heteroatoms. The van der Waals surface area contributed by atoms with Crippen molar-refractivity contribution in [1.29, 1.82) is 0 Å². The Balaban J connectivity index is 1.99. The van der Waals surface area contributed by atoms with E-state index in [4.69, 9.17) is 21.1 Å². The molecule has 0 saturated carbocycles. The first-order valence-electron chi connectivity index (χ1n) is 7.92. The number of hydrogen-bond donors (Lipinski definition) is 2. The molecule has 0 spiro atoms.